The average Bonchev–Trinajstić information content (AvgIpc) is 2.76. The van der Waals surface area contributed by atoms with Gasteiger partial charge in [-0.05, 0) is 30.2 Å². The minimum atomic E-state index is -1.81. The Labute approximate surface area is 180 Å². The fourth-order valence-electron chi connectivity index (χ4n) is 3.32. The van der Waals surface area contributed by atoms with Crippen LogP contribution in [0.15, 0.2) is 67.3 Å². The van der Waals surface area contributed by atoms with Crippen molar-refractivity contribution in [2.75, 3.05) is 0 Å². The van der Waals surface area contributed by atoms with Crippen LogP contribution in [0.25, 0.3) is 6.08 Å². The van der Waals surface area contributed by atoms with E-state index in [1.54, 1.807) is 24.3 Å². The summed E-state index contributed by atoms with van der Waals surface area (Å²) in [6.45, 7) is 5.93. The van der Waals surface area contributed by atoms with Crippen molar-refractivity contribution in [1.29, 1.82) is 0 Å². The molecule has 0 spiro atoms. The quantitative estimate of drug-likeness (QED) is 0.502. The van der Waals surface area contributed by atoms with Crippen LogP contribution >= 0.6 is 0 Å². The van der Waals surface area contributed by atoms with E-state index < -0.39 is 36.7 Å². The molecule has 0 amide bonds. The molecule has 164 valence electrons. The lowest BCUT2D eigenvalue weighted by atomic mass is 9.97. The molecule has 1 saturated heterocycles. The van der Waals surface area contributed by atoms with Crippen molar-refractivity contribution >= 4 is 12.0 Å². The molecule has 4 N–H and O–H groups in total. The molecule has 2 aromatic rings. The molecule has 1 heterocycles. The van der Waals surface area contributed by atoms with Gasteiger partial charge in [-0.15, -0.1) is 6.58 Å². The zero-order chi connectivity index (χ0) is 22.5. The first-order chi connectivity index (χ1) is 14.8. The van der Waals surface area contributed by atoms with Gasteiger partial charge in [0.1, 0.15) is 18.0 Å². The van der Waals surface area contributed by atoms with Gasteiger partial charge in [0.2, 0.25) is 0 Å². The number of rotatable bonds is 7. The molecule has 1 aliphatic heterocycles. The zero-order valence-corrected chi connectivity index (χ0v) is 17.0. The van der Waals surface area contributed by atoms with E-state index >= 15 is 0 Å². The summed E-state index contributed by atoms with van der Waals surface area (Å²) in [5.41, 5.74) is 3.20. The Hall–Kier alpha value is -2.97. The number of carboxylic acid groups (broad SMARTS) is 1. The lowest BCUT2D eigenvalue weighted by molar-refractivity contribution is -0.275. The molecule has 7 nitrogen and oxygen atoms in total. The van der Waals surface area contributed by atoms with Crippen LogP contribution in [-0.2, 0) is 9.53 Å². The van der Waals surface area contributed by atoms with E-state index in [2.05, 4.69) is 30.8 Å². The predicted octanol–water partition coefficient (Wildman–Crippen LogP) is 2.25. The Kier molecular flexibility index (Phi) is 7.25. The van der Waals surface area contributed by atoms with Gasteiger partial charge >= 0.3 is 5.97 Å². The summed E-state index contributed by atoms with van der Waals surface area (Å²) < 4.78 is 10.4. The largest absolute Gasteiger partial charge is 0.484 e. The number of aryl methyl sites for hydroxylation is 1. The van der Waals surface area contributed by atoms with Crippen LogP contribution < -0.4 is 4.74 Å². The summed E-state index contributed by atoms with van der Waals surface area (Å²) in [4.78, 5) is 11.4. The van der Waals surface area contributed by atoms with Crippen molar-refractivity contribution in [1.82, 2.24) is 0 Å². The molecule has 0 radical (unpaired) electrons. The standard InChI is InChI=1S/C24H26O7/c1-3-16(17-9-4-14(2)5-10-17)11-6-15-7-12-18(13-8-15)30-21-19(25)20(26)24(29)31-22(21)23(27)28/h3-13,16,19-22,24-26,29H,1H2,2H3,(H,27,28)/b11-6-/t16?,19?,20-,21-,22?,24-/m0/s1. The number of aliphatic hydroxyl groups excluding tert-OH is 3. The number of ether oxygens (including phenoxy) is 2. The molecule has 6 atom stereocenters. The third-order valence-electron chi connectivity index (χ3n) is 5.17. The van der Waals surface area contributed by atoms with Crippen LogP contribution in [0.1, 0.15) is 22.6 Å². The highest BCUT2D eigenvalue weighted by Crippen LogP contribution is 2.26. The fraction of sp³-hybridized carbons (Fsp3) is 0.292. The van der Waals surface area contributed by atoms with E-state index in [9.17, 15) is 25.2 Å². The Morgan fingerprint density at radius 2 is 1.71 bits per heavy atom. The summed E-state index contributed by atoms with van der Waals surface area (Å²) in [7, 11) is 0. The van der Waals surface area contributed by atoms with E-state index in [0.717, 1.165) is 11.1 Å². The third-order valence-corrected chi connectivity index (χ3v) is 5.17. The van der Waals surface area contributed by atoms with Crippen molar-refractivity contribution in [3.05, 3.63) is 84.0 Å². The van der Waals surface area contributed by atoms with Crippen molar-refractivity contribution in [2.24, 2.45) is 0 Å². The normalized spacial score (nSPS) is 27.0. The lowest BCUT2D eigenvalue weighted by Gasteiger charge is -2.38. The van der Waals surface area contributed by atoms with Crippen LogP contribution in [0, 0.1) is 6.92 Å². The molecule has 31 heavy (non-hydrogen) atoms. The minimum absolute atomic E-state index is 0.0512. The van der Waals surface area contributed by atoms with Gasteiger partial charge in [-0.25, -0.2) is 4.79 Å². The summed E-state index contributed by atoms with van der Waals surface area (Å²) in [5, 5.41) is 38.7. The molecule has 0 aromatic heterocycles. The first-order valence-corrected chi connectivity index (χ1v) is 9.86. The molecule has 0 bridgehead atoms. The van der Waals surface area contributed by atoms with Crippen molar-refractivity contribution in [3.8, 4) is 5.75 Å². The number of allylic oxidation sites excluding steroid dienone is 2. The molecule has 3 unspecified atom stereocenters. The molecular formula is C24H26O7. The SMILES string of the molecule is C=CC(/C=C\c1ccc(O[C@@H]2C(C(=O)O)O[C@H](O)[C@@H](O)C2O)cc1)c1ccc(C)cc1. The molecule has 1 aliphatic rings. The summed E-state index contributed by atoms with van der Waals surface area (Å²) in [5.74, 6) is -1.07. The highest BCUT2D eigenvalue weighted by molar-refractivity contribution is 5.73. The predicted molar refractivity (Wildman–Crippen MR) is 115 cm³/mol. The number of hydrogen-bond acceptors (Lipinski definition) is 6. The van der Waals surface area contributed by atoms with Gasteiger partial charge in [-0.2, -0.15) is 0 Å². The zero-order valence-electron chi connectivity index (χ0n) is 17.0. The molecule has 1 fully saturated rings. The maximum Gasteiger partial charge on any atom is 0.336 e. The maximum absolute atomic E-state index is 11.4. The number of aliphatic hydroxyl groups is 3. The highest BCUT2D eigenvalue weighted by Gasteiger charge is 2.48. The van der Waals surface area contributed by atoms with Gasteiger partial charge in [0, 0.05) is 5.92 Å². The van der Waals surface area contributed by atoms with Crippen molar-refractivity contribution in [2.45, 2.75) is 43.5 Å². The first kappa shape index (κ1) is 22.7. The second-order valence-electron chi connectivity index (χ2n) is 7.45. The van der Waals surface area contributed by atoms with E-state index in [4.69, 9.17) is 9.47 Å². The van der Waals surface area contributed by atoms with Gasteiger partial charge < -0.3 is 29.9 Å². The minimum Gasteiger partial charge on any atom is -0.484 e. The third kappa shape index (κ3) is 5.39. The fourth-order valence-corrected chi connectivity index (χ4v) is 3.32. The Balaban J connectivity index is 1.70. The highest BCUT2D eigenvalue weighted by atomic mass is 16.7. The van der Waals surface area contributed by atoms with Gasteiger partial charge in [-0.3, -0.25) is 0 Å². The van der Waals surface area contributed by atoms with Gasteiger partial charge in [0.05, 0.1) is 0 Å². The van der Waals surface area contributed by atoms with Crippen molar-refractivity contribution < 1.29 is 34.7 Å². The summed E-state index contributed by atoms with van der Waals surface area (Å²) >= 11 is 0. The smallest absolute Gasteiger partial charge is 0.336 e. The van der Waals surface area contributed by atoms with Gasteiger partial charge in [0.25, 0.3) is 0 Å². The second kappa shape index (κ2) is 9.89. The lowest BCUT2D eigenvalue weighted by Crippen LogP contribution is -2.61. The number of benzene rings is 2. The molecule has 3 rings (SSSR count). The summed E-state index contributed by atoms with van der Waals surface area (Å²) in [6, 6.07) is 15.0. The molecule has 2 aromatic carbocycles. The van der Waals surface area contributed by atoms with E-state index in [-0.39, 0.29) is 5.92 Å². The Morgan fingerprint density at radius 3 is 2.29 bits per heavy atom. The molecule has 0 saturated carbocycles. The van der Waals surface area contributed by atoms with E-state index in [1.807, 2.05) is 25.2 Å². The monoisotopic (exact) mass is 426 g/mol. The summed E-state index contributed by atoms with van der Waals surface area (Å²) in [6.07, 6.45) is -2.32. The van der Waals surface area contributed by atoms with Gasteiger partial charge in [-0.1, -0.05) is 60.2 Å². The van der Waals surface area contributed by atoms with Crippen LogP contribution in [-0.4, -0.2) is 57.1 Å². The average molecular weight is 426 g/mol. The topological polar surface area (TPSA) is 116 Å². The van der Waals surface area contributed by atoms with Crippen LogP contribution in [0.3, 0.4) is 0 Å². The van der Waals surface area contributed by atoms with Crippen LogP contribution in [0.5, 0.6) is 5.75 Å². The first-order valence-electron chi connectivity index (χ1n) is 9.86. The number of hydrogen-bond donors (Lipinski definition) is 4. The molecule has 7 heteroatoms. The second-order valence-corrected chi connectivity index (χ2v) is 7.45. The van der Waals surface area contributed by atoms with E-state index in [0.29, 0.717) is 5.75 Å². The maximum atomic E-state index is 11.4. The van der Waals surface area contributed by atoms with E-state index in [1.165, 1.54) is 5.56 Å². The number of aliphatic carboxylic acids is 1. The Bertz CT molecular complexity index is 920. The van der Waals surface area contributed by atoms with Gasteiger partial charge in [0.15, 0.2) is 18.5 Å². The molecule has 0 aliphatic carbocycles. The number of carbonyl (C=O) groups is 1. The molecular weight excluding hydrogens is 400 g/mol. The van der Waals surface area contributed by atoms with Crippen LogP contribution in [0.4, 0.5) is 0 Å². The Morgan fingerprint density at radius 1 is 1.06 bits per heavy atom. The van der Waals surface area contributed by atoms with Crippen molar-refractivity contribution in [3.63, 3.8) is 0 Å². The van der Waals surface area contributed by atoms with Crippen LogP contribution in [0.2, 0.25) is 0 Å². The number of carboxylic acids is 1.